The van der Waals surface area contributed by atoms with Crippen LogP contribution in [0.4, 0.5) is 5.69 Å². The molecule has 2 aromatic rings. The lowest BCUT2D eigenvalue weighted by Gasteiger charge is -2.18. The Labute approximate surface area is 173 Å². The first-order valence-corrected chi connectivity index (χ1v) is 10.8. The van der Waals surface area contributed by atoms with Crippen LogP contribution >= 0.6 is 0 Å². The lowest BCUT2D eigenvalue weighted by molar-refractivity contribution is -0.121. The molecule has 0 aliphatic carbocycles. The number of carbonyl (C=O) groups excluding carboxylic acids is 3. The van der Waals surface area contributed by atoms with Gasteiger partial charge in [0, 0.05) is 24.9 Å². The highest BCUT2D eigenvalue weighted by molar-refractivity contribution is 7.89. The molecule has 0 saturated heterocycles. The predicted molar refractivity (Wildman–Crippen MR) is 109 cm³/mol. The average molecular weight is 431 g/mol. The van der Waals surface area contributed by atoms with E-state index in [9.17, 15) is 22.8 Å². The van der Waals surface area contributed by atoms with Gasteiger partial charge in [-0.25, -0.2) is 13.6 Å². The van der Waals surface area contributed by atoms with Crippen LogP contribution in [-0.4, -0.2) is 39.2 Å². The van der Waals surface area contributed by atoms with Gasteiger partial charge in [0.1, 0.15) is 5.75 Å². The summed E-state index contributed by atoms with van der Waals surface area (Å²) in [5.74, 6) is -0.266. The Morgan fingerprint density at radius 1 is 1.10 bits per heavy atom. The third-order valence-electron chi connectivity index (χ3n) is 4.50. The predicted octanol–water partition coefficient (Wildman–Crippen LogP) is 0.987. The molecule has 0 fully saturated rings. The Kier molecular flexibility index (Phi) is 6.48. The maximum atomic E-state index is 12.3. The van der Waals surface area contributed by atoms with Crippen LogP contribution in [0.1, 0.15) is 28.8 Å². The zero-order valence-electron chi connectivity index (χ0n) is 16.0. The number of carbonyl (C=O) groups is 3. The van der Waals surface area contributed by atoms with Crippen molar-refractivity contribution in [3.8, 4) is 5.75 Å². The molecule has 1 aliphatic rings. The zero-order chi connectivity index (χ0) is 21.7. The summed E-state index contributed by atoms with van der Waals surface area (Å²) in [6.45, 7) is 0.292. The van der Waals surface area contributed by atoms with E-state index < -0.39 is 10.0 Å². The van der Waals surface area contributed by atoms with Crippen molar-refractivity contribution in [2.45, 2.75) is 24.2 Å². The van der Waals surface area contributed by atoms with Crippen molar-refractivity contribution < 1.29 is 27.5 Å². The molecule has 4 N–H and O–H groups in total. The van der Waals surface area contributed by atoms with E-state index in [1.807, 2.05) is 0 Å². The molecule has 10 heteroatoms. The Balaban J connectivity index is 1.44. The molecule has 0 atom stereocenters. The van der Waals surface area contributed by atoms with Crippen LogP contribution in [0.2, 0.25) is 0 Å². The molecule has 0 unspecified atom stereocenters. The fraction of sp³-hybridized carbons (Fsp3) is 0.250. The molecule has 0 radical (unpaired) electrons. The normalized spacial score (nSPS) is 13.0. The Bertz CT molecular complexity index is 1080. The van der Waals surface area contributed by atoms with Gasteiger partial charge in [0.2, 0.25) is 15.9 Å². The second kappa shape index (κ2) is 9.06. The van der Waals surface area contributed by atoms with Gasteiger partial charge in [-0.1, -0.05) is 12.1 Å². The van der Waals surface area contributed by atoms with Gasteiger partial charge in [-0.2, -0.15) is 0 Å². The number of benzene rings is 2. The minimum Gasteiger partial charge on any atom is -0.482 e. The van der Waals surface area contributed by atoms with Crippen LogP contribution in [0.15, 0.2) is 47.4 Å². The van der Waals surface area contributed by atoms with Crippen molar-refractivity contribution in [2.24, 2.45) is 5.14 Å². The van der Waals surface area contributed by atoms with Gasteiger partial charge in [-0.05, 0) is 42.3 Å². The number of ether oxygens (including phenoxy) is 1. The minimum absolute atomic E-state index is 0.0297. The average Bonchev–Trinajstić information content (AvgIpc) is 2.71. The summed E-state index contributed by atoms with van der Waals surface area (Å²) in [6.07, 6.45) is 0.570. The molecule has 3 rings (SSSR count). The number of amides is 2. The molecule has 0 saturated carbocycles. The number of ketones is 1. The van der Waals surface area contributed by atoms with E-state index >= 15 is 0 Å². The number of nitrogens with two attached hydrogens (primary N) is 1. The fourth-order valence-electron chi connectivity index (χ4n) is 2.91. The highest BCUT2D eigenvalue weighted by atomic mass is 32.2. The molecule has 2 aromatic carbocycles. The van der Waals surface area contributed by atoms with Crippen LogP contribution in [0.25, 0.3) is 0 Å². The summed E-state index contributed by atoms with van der Waals surface area (Å²) in [7, 11) is -3.73. The summed E-state index contributed by atoms with van der Waals surface area (Å²) in [5.41, 5.74) is 1.68. The first-order chi connectivity index (χ1) is 14.2. The smallest absolute Gasteiger partial charge is 0.262 e. The van der Waals surface area contributed by atoms with Crippen molar-refractivity contribution in [1.29, 1.82) is 0 Å². The van der Waals surface area contributed by atoms with Gasteiger partial charge < -0.3 is 15.4 Å². The van der Waals surface area contributed by atoms with Gasteiger partial charge >= 0.3 is 0 Å². The van der Waals surface area contributed by atoms with Crippen LogP contribution < -0.4 is 20.5 Å². The summed E-state index contributed by atoms with van der Waals surface area (Å²) >= 11 is 0. The van der Waals surface area contributed by atoms with E-state index in [4.69, 9.17) is 9.88 Å². The first kappa shape index (κ1) is 21.5. The molecule has 1 aliphatic heterocycles. The standard InChI is InChI=1S/C20H21N3O6S/c21-30(27,28)15-4-1-13(2-5-15)9-10-22-19(25)8-6-17(24)14-3-7-18-16(11-14)23-20(26)12-29-18/h1-5,7,11H,6,8-10,12H2,(H,22,25)(H,23,26)(H2,21,27,28). The number of Topliss-reactive ketones (excluding diaryl/α,β-unsaturated/α-hetero) is 1. The highest BCUT2D eigenvalue weighted by Crippen LogP contribution is 2.28. The summed E-state index contributed by atoms with van der Waals surface area (Å²) in [6, 6.07) is 10.8. The SMILES string of the molecule is NS(=O)(=O)c1ccc(CCNC(=O)CCC(=O)c2ccc3c(c2)NC(=O)CO3)cc1. The van der Waals surface area contributed by atoms with E-state index in [-0.39, 0.29) is 41.9 Å². The molecule has 30 heavy (non-hydrogen) atoms. The van der Waals surface area contributed by atoms with Gasteiger partial charge in [-0.15, -0.1) is 0 Å². The second-order valence-corrected chi connectivity index (χ2v) is 8.32. The zero-order valence-corrected chi connectivity index (χ0v) is 16.8. The summed E-state index contributed by atoms with van der Waals surface area (Å²) in [4.78, 5) is 35.7. The number of hydrogen-bond acceptors (Lipinski definition) is 6. The maximum absolute atomic E-state index is 12.3. The topological polar surface area (TPSA) is 145 Å². The minimum atomic E-state index is -3.73. The quantitative estimate of drug-likeness (QED) is 0.532. The van der Waals surface area contributed by atoms with Crippen LogP contribution in [-0.2, 0) is 26.0 Å². The molecule has 1 heterocycles. The first-order valence-electron chi connectivity index (χ1n) is 9.21. The van der Waals surface area contributed by atoms with Crippen molar-refractivity contribution >= 4 is 33.3 Å². The molecule has 2 amide bonds. The maximum Gasteiger partial charge on any atom is 0.262 e. The van der Waals surface area contributed by atoms with Crippen LogP contribution in [0.3, 0.4) is 0 Å². The molecule has 0 aromatic heterocycles. The lowest BCUT2D eigenvalue weighted by Crippen LogP contribution is -2.26. The Morgan fingerprint density at radius 2 is 1.83 bits per heavy atom. The summed E-state index contributed by atoms with van der Waals surface area (Å²) in [5, 5.41) is 10.4. The summed E-state index contributed by atoms with van der Waals surface area (Å²) < 4.78 is 27.7. The Hall–Kier alpha value is -3.24. The van der Waals surface area contributed by atoms with E-state index in [0.717, 1.165) is 5.56 Å². The van der Waals surface area contributed by atoms with E-state index in [1.54, 1.807) is 24.3 Å². The van der Waals surface area contributed by atoms with Crippen molar-refractivity contribution in [3.63, 3.8) is 0 Å². The largest absolute Gasteiger partial charge is 0.482 e. The molecule has 0 bridgehead atoms. The van der Waals surface area contributed by atoms with Gasteiger partial charge in [0.15, 0.2) is 12.4 Å². The number of sulfonamides is 1. The fourth-order valence-corrected chi connectivity index (χ4v) is 3.42. The molecule has 0 spiro atoms. The third kappa shape index (κ3) is 5.65. The van der Waals surface area contributed by atoms with E-state index in [1.165, 1.54) is 18.2 Å². The van der Waals surface area contributed by atoms with E-state index in [0.29, 0.717) is 30.0 Å². The van der Waals surface area contributed by atoms with Gasteiger partial charge in [0.25, 0.3) is 5.91 Å². The van der Waals surface area contributed by atoms with Crippen LogP contribution in [0, 0.1) is 0 Å². The van der Waals surface area contributed by atoms with Crippen molar-refractivity contribution in [2.75, 3.05) is 18.5 Å². The highest BCUT2D eigenvalue weighted by Gasteiger charge is 2.18. The number of anilines is 1. The van der Waals surface area contributed by atoms with Gasteiger partial charge in [0.05, 0.1) is 10.6 Å². The molecular formula is C20H21N3O6S. The molecule has 9 nitrogen and oxygen atoms in total. The molecule has 158 valence electrons. The van der Waals surface area contributed by atoms with Crippen molar-refractivity contribution in [3.05, 3.63) is 53.6 Å². The number of nitrogens with one attached hydrogen (secondary N) is 2. The number of rotatable bonds is 8. The monoisotopic (exact) mass is 431 g/mol. The van der Waals surface area contributed by atoms with Crippen molar-refractivity contribution in [1.82, 2.24) is 5.32 Å². The van der Waals surface area contributed by atoms with Gasteiger partial charge in [-0.3, -0.25) is 14.4 Å². The number of fused-ring (bicyclic) bond motifs is 1. The van der Waals surface area contributed by atoms with Crippen LogP contribution in [0.5, 0.6) is 5.75 Å². The number of primary sulfonamides is 1. The lowest BCUT2D eigenvalue weighted by atomic mass is 10.0. The Morgan fingerprint density at radius 3 is 2.53 bits per heavy atom. The molecular weight excluding hydrogens is 410 g/mol. The number of hydrogen-bond donors (Lipinski definition) is 3. The third-order valence-corrected chi connectivity index (χ3v) is 5.43. The van der Waals surface area contributed by atoms with E-state index in [2.05, 4.69) is 10.6 Å². The second-order valence-electron chi connectivity index (χ2n) is 6.76.